The molecule has 2 unspecified atom stereocenters. The molecule has 25 heavy (non-hydrogen) atoms. The summed E-state index contributed by atoms with van der Waals surface area (Å²) in [6.07, 6.45) is 5.07. The number of fused-ring (bicyclic) bond motifs is 2. The molecule has 3 fully saturated rings. The minimum atomic E-state index is 0. The van der Waals surface area contributed by atoms with Crippen molar-refractivity contribution >= 4 is 36.5 Å². The van der Waals surface area contributed by atoms with Gasteiger partial charge in [-0.15, -0.1) is 24.8 Å². The van der Waals surface area contributed by atoms with Gasteiger partial charge in [0.25, 0.3) is 5.91 Å². The number of carbonyl (C=O) groups is 1. The van der Waals surface area contributed by atoms with Gasteiger partial charge in [-0.25, -0.2) is 4.98 Å². The summed E-state index contributed by atoms with van der Waals surface area (Å²) in [6, 6.07) is 4.50. The number of anilines is 1. The first-order chi connectivity index (χ1) is 11.3. The summed E-state index contributed by atoms with van der Waals surface area (Å²) in [7, 11) is 0. The van der Waals surface area contributed by atoms with Gasteiger partial charge in [0.05, 0.1) is 18.8 Å². The van der Waals surface area contributed by atoms with Gasteiger partial charge in [-0.05, 0) is 37.9 Å². The molecule has 1 amide bonds. The molecule has 0 aromatic carbocycles. The molecule has 140 valence electrons. The van der Waals surface area contributed by atoms with Crippen LogP contribution in [0.1, 0.15) is 29.6 Å². The molecule has 4 rings (SSSR count). The highest BCUT2D eigenvalue weighted by Gasteiger charge is 2.39. The molecule has 0 spiro atoms. The Kier molecular flexibility index (Phi) is 7.31. The van der Waals surface area contributed by atoms with Gasteiger partial charge in [-0.2, -0.15) is 0 Å². The number of carbonyl (C=O) groups excluding carboxylic acids is 1. The van der Waals surface area contributed by atoms with Crippen LogP contribution in [0.2, 0.25) is 0 Å². The van der Waals surface area contributed by atoms with Crippen molar-refractivity contribution in [1.82, 2.24) is 15.2 Å². The van der Waals surface area contributed by atoms with Crippen molar-refractivity contribution in [2.24, 2.45) is 0 Å². The average Bonchev–Trinajstić information content (AvgIpc) is 2.88. The van der Waals surface area contributed by atoms with E-state index in [4.69, 9.17) is 4.74 Å². The maximum atomic E-state index is 13.3. The van der Waals surface area contributed by atoms with Gasteiger partial charge in [0.2, 0.25) is 0 Å². The number of halogens is 2. The Balaban J connectivity index is 0.00000113. The number of aromatic nitrogens is 1. The Labute approximate surface area is 161 Å². The molecule has 0 radical (unpaired) electrons. The first-order valence-corrected chi connectivity index (χ1v) is 8.65. The van der Waals surface area contributed by atoms with Crippen LogP contribution >= 0.6 is 24.8 Å². The molecule has 3 saturated heterocycles. The van der Waals surface area contributed by atoms with Crippen LogP contribution in [0.5, 0.6) is 0 Å². The maximum absolute atomic E-state index is 13.3. The van der Waals surface area contributed by atoms with Crippen molar-refractivity contribution in [3.8, 4) is 0 Å². The average molecular weight is 389 g/mol. The molecule has 2 bridgehead atoms. The van der Waals surface area contributed by atoms with Gasteiger partial charge in [0.15, 0.2) is 0 Å². The minimum Gasteiger partial charge on any atom is -0.378 e. The first kappa shape index (κ1) is 20.2. The summed E-state index contributed by atoms with van der Waals surface area (Å²) in [5.74, 6) is 0.966. The predicted octanol–water partition coefficient (Wildman–Crippen LogP) is 1.73. The topological polar surface area (TPSA) is 57.7 Å². The summed E-state index contributed by atoms with van der Waals surface area (Å²) in [4.78, 5) is 22.1. The molecular weight excluding hydrogens is 363 g/mol. The van der Waals surface area contributed by atoms with Gasteiger partial charge >= 0.3 is 0 Å². The lowest BCUT2D eigenvalue weighted by Gasteiger charge is -2.32. The molecule has 4 heterocycles. The second kappa shape index (κ2) is 9.03. The summed E-state index contributed by atoms with van der Waals surface area (Å²) in [5, 5.41) is 3.46. The molecule has 2 atom stereocenters. The Hall–Kier alpha value is -1.08. The van der Waals surface area contributed by atoms with Crippen molar-refractivity contribution < 1.29 is 9.53 Å². The van der Waals surface area contributed by atoms with Crippen LogP contribution < -0.4 is 10.2 Å². The molecule has 8 heteroatoms. The number of nitrogens with zero attached hydrogens (tertiary/aromatic N) is 3. The number of hydrogen-bond donors (Lipinski definition) is 1. The SMILES string of the molecule is Cl.Cl.O=C(c1cccnc1N1CCOCC1)N1C2CCNCC1CC2. The summed E-state index contributed by atoms with van der Waals surface area (Å²) < 4.78 is 5.43. The molecule has 1 aromatic heterocycles. The van der Waals surface area contributed by atoms with Crippen molar-refractivity contribution in [2.45, 2.75) is 31.3 Å². The highest BCUT2D eigenvalue weighted by molar-refractivity contribution is 5.99. The van der Waals surface area contributed by atoms with E-state index in [1.54, 1.807) is 6.20 Å². The van der Waals surface area contributed by atoms with E-state index in [1.807, 2.05) is 12.1 Å². The molecule has 1 aromatic rings. The van der Waals surface area contributed by atoms with Crippen LogP contribution in [0.4, 0.5) is 5.82 Å². The Morgan fingerprint density at radius 3 is 2.72 bits per heavy atom. The van der Waals surface area contributed by atoms with Crippen LogP contribution in [0.15, 0.2) is 18.3 Å². The zero-order valence-electron chi connectivity index (χ0n) is 14.2. The summed E-state index contributed by atoms with van der Waals surface area (Å²) >= 11 is 0. The first-order valence-electron chi connectivity index (χ1n) is 8.65. The fourth-order valence-corrected chi connectivity index (χ4v) is 4.04. The van der Waals surface area contributed by atoms with E-state index in [0.29, 0.717) is 25.3 Å². The van der Waals surface area contributed by atoms with Crippen molar-refractivity contribution in [1.29, 1.82) is 0 Å². The van der Waals surface area contributed by atoms with Crippen molar-refractivity contribution in [3.63, 3.8) is 0 Å². The van der Waals surface area contributed by atoms with Crippen LogP contribution in [0.3, 0.4) is 0 Å². The Bertz CT molecular complexity index is 570. The van der Waals surface area contributed by atoms with E-state index in [0.717, 1.165) is 56.8 Å². The van der Waals surface area contributed by atoms with Gasteiger partial charge < -0.3 is 19.9 Å². The van der Waals surface area contributed by atoms with E-state index in [1.165, 1.54) is 0 Å². The molecule has 3 aliphatic heterocycles. The summed E-state index contributed by atoms with van der Waals surface area (Å²) in [5.41, 5.74) is 0.744. The normalized spacial score (nSPS) is 25.6. The third kappa shape index (κ3) is 4.03. The molecule has 1 N–H and O–H groups in total. The highest BCUT2D eigenvalue weighted by Crippen LogP contribution is 2.31. The third-order valence-corrected chi connectivity index (χ3v) is 5.22. The molecule has 3 aliphatic rings. The lowest BCUT2D eigenvalue weighted by Crippen LogP contribution is -2.44. The summed E-state index contributed by atoms with van der Waals surface area (Å²) in [6.45, 7) is 4.91. The lowest BCUT2D eigenvalue weighted by molar-refractivity contribution is 0.0679. The fraction of sp³-hybridized carbons (Fsp3) is 0.647. The number of hydrogen-bond acceptors (Lipinski definition) is 5. The van der Waals surface area contributed by atoms with E-state index in [2.05, 4.69) is 20.1 Å². The smallest absolute Gasteiger partial charge is 0.258 e. The van der Waals surface area contributed by atoms with E-state index >= 15 is 0 Å². The standard InChI is InChI=1S/C17H24N4O2.2ClH/c22-17(21-13-3-4-14(21)12-18-7-5-13)15-2-1-6-19-16(15)20-8-10-23-11-9-20;;/h1-2,6,13-14,18H,3-5,7-12H2;2*1H. The Morgan fingerprint density at radius 2 is 1.92 bits per heavy atom. The maximum Gasteiger partial charge on any atom is 0.258 e. The quantitative estimate of drug-likeness (QED) is 0.835. The zero-order valence-corrected chi connectivity index (χ0v) is 15.9. The van der Waals surface area contributed by atoms with Crippen LogP contribution in [0.25, 0.3) is 0 Å². The molecule has 0 aliphatic carbocycles. The predicted molar refractivity (Wildman–Crippen MR) is 102 cm³/mol. The van der Waals surface area contributed by atoms with Crippen molar-refractivity contribution in [3.05, 3.63) is 23.9 Å². The monoisotopic (exact) mass is 388 g/mol. The molecular formula is C17H26Cl2N4O2. The number of morpholine rings is 1. The van der Waals surface area contributed by atoms with Crippen LogP contribution in [-0.2, 0) is 4.74 Å². The Morgan fingerprint density at radius 1 is 1.16 bits per heavy atom. The third-order valence-electron chi connectivity index (χ3n) is 5.22. The van der Waals surface area contributed by atoms with Crippen LogP contribution in [-0.4, -0.2) is 67.3 Å². The molecule has 6 nitrogen and oxygen atoms in total. The highest BCUT2D eigenvalue weighted by atomic mass is 35.5. The number of rotatable bonds is 2. The largest absolute Gasteiger partial charge is 0.378 e. The van der Waals surface area contributed by atoms with Gasteiger partial charge in [0, 0.05) is 37.9 Å². The van der Waals surface area contributed by atoms with Gasteiger partial charge in [-0.1, -0.05) is 0 Å². The number of ether oxygens (including phenoxy) is 1. The fourth-order valence-electron chi connectivity index (χ4n) is 4.04. The van der Waals surface area contributed by atoms with E-state index < -0.39 is 0 Å². The number of nitrogens with one attached hydrogen (secondary N) is 1. The second-order valence-corrected chi connectivity index (χ2v) is 6.56. The van der Waals surface area contributed by atoms with Gasteiger partial charge in [-0.3, -0.25) is 4.79 Å². The molecule has 0 saturated carbocycles. The number of amides is 1. The lowest BCUT2D eigenvalue weighted by atomic mass is 10.1. The zero-order chi connectivity index (χ0) is 15.6. The van der Waals surface area contributed by atoms with Crippen LogP contribution in [0, 0.1) is 0 Å². The number of pyridine rings is 1. The van der Waals surface area contributed by atoms with E-state index in [-0.39, 0.29) is 30.7 Å². The van der Waals surface area contributed by atoms with Gasteiger partial charge in [0.1, 0.15) is 5.82 Å². The van der Waals surface area contributed by atoms with E-state index in [9.17, 15) is 4.79 Å². The second-order valence-electron chi connectivity index (χ2n) is 6.56. The van der Waals surface area contributed by atoms with Crippen molar-refractivity contribution in [2.75, 3.05) is 44.3 Å². The minimum absolute atomic E-state index is 0.